The van der Waals surface area contributed by atoms with Crippen molar-refractivity contribution >= 4 is 0 Å². The highest BCUT2D eigenvalue weighted by atomic mass is 16.5. The van der Waals surface area contributed by atoms with Crippen molar-refractivity contribution in [1.29, 1.82) is 0 Å². The number of ether oxygens (including phenoxy) is 1. The summed E-state index contributed by atoms with van der Waals surface area (Å²) >= 11 is 0. The van der Waals surface area contributed by atoms with E-state index < -0.39 is 11.2 Å². The molecule has 0 aromatic rings. The Morgan fingerprint density at radius 1 is 0.774 bits per heavy atom. The monoisotopic (exact) mass is 432 g/mol. The topological polar surface area (TPSA) is 49.7 Å². The maximum atomic E-state index is 10.9. The molecule has 0 spiro atoms. The van der Waals surface area contributed by atoms with Crippen LogP contribution in [0.5, 0.6) is 0 Å². The molecule has 3 nitrogen and oxygen atoms in total. The van der Waals surface area contributed by atoms with Crippen molar-refractivity contribution in [2.24, 2.45) is 40.4 Å². The Hall–Kier alpha value is -0.120. The van der Waals surface area contributed by atoms with Crippen LogP contribution in [0.15, 0.2) is 0 Å². The van der Waals surface area contributed by atoms with E-state index in [4.69, 9.17) is 4.74 Å². The van der Waals surface area contributed by atoms with Gasteiger partial charge in [-0.1, -0.05) is 20.3 Å². The van der Waals surface area contributed by atoms with Gasteiger partial charge in [0.05, 0.1) is 11.2 Å². The van der Waals surface area contributed by atoms with Gasteiger partial charge in [-0.15, -0.1) is 0 Å². The van der Waals surface area contributed by atoms with E-state index in [9.17, 15) is 10.2 Å². The van der Waals surface area contributed by atoms with Crippen LogP contribution in [0.1, 0.15) is 111 Å². The first kappa shape index (κ1) is 22.7. The maximum absolute atomic E-state index is 10.9. The smallest absolute Gasteiger partial charge is 0.0691 e. The molecule has 8 atom stereocenters. The molecule has 31 heavy (non-hydrogen) atoms. The second-order valence-electron chi connectivity index (χ2n) is 13.4. The summed E-state index contributed by atoms with van der Waals surface area (Å²) in [6.07, 6.45) is 16.9. The summed E-state index contributed by atoms with van der Waals surface area (Å²) < 4.78 is 5.46. The van der Waals surface area contributed by atoms with E-state index in [0.717, 1.165) is 74.9 Å². The van der Waals surface area contributed by atoms with Gasteiger partial charge in [-0.2, -0.15) is 0 Å². The minimum absolute atomic E-state index is 0.423. The van der Waals surface area contributed by atoms with E-state index in [0.29, 0.717) is 10.8 Å². The van der Waals surface area contributed by atoms with Gasteiger partial charge in [-0.05, 0) is 131 Å². The molecule has 0 radical (unpaired) electrons. The van der Waals surface area contributed by atoms with Crippen LogP contribution in [0.25, 0.3) is 0 Å². The Bertz CT molecular complexity index is 653. The number of aliphatic hydroxyl groups is 2. The molecule has 0 bridgehead atoms. The predicted molar refractivity (Wildman–Crippen MR) is 125 cm³/mol. The highest BCUT2D eigenvalue weighted by molar-refractivity contribution is 5.10. The lowest BCUT2D eigenvalue weighted by atomic mass is 9.44. The first-order valence-electron chi connectivity index (χ1n) is 13.7. The molecule has 5 aliphatic rings. The zero-order valence-electron chi connectivity index (χ0n) is 20.5. The lowest BCUT2D eigenvalue weighted by Gasteiger charge is -2.62. The second-order valence-corrected chi connectivity index (χ2v) is 13.4. The van der Waals surface area contributed by atoms with Crippen LogP contribution in [0, 0.1) is 40.4 Å². The third-order valence-electron chi connectivity index (χ3n) is 11.8. The summed E-state index contributed by atoms with van der Waals surface area (Å²) in [6.45, 7) is 8.80. The first-order chi connectivity index (χ1) is 14.7. The first-order valence-corrected chi connectivity index (χ1v) is 13.7. The van der Waals surface area contributed by atoms with Gasteiger partial charge in [0.25, 0.3) is 0 Å². The molecule has 6 unspecified atom stereocenters. The average Bonchev–Trinajstić information content (AvgIpc) is 3.05. The average molecular weight is 433 g/mol. The van der Waals surface area contributed by atoms with Crippen molar-refractivity contribution in [3.8, 4) is 0 Å². The molecule has 1 heterocycles. The Balaban J connectivity index is 1.23. The van der Waals surface area contributed by atoms with Gasteiger partial charge in [0, 0.05) is 13.2 Å². The summed E-state index contributed by atoms with van der Waals surface area (Å²) in [5.41, 5.74) is 0.122. The molecule has 5 rings (SSSR count). The van der Waals surface area contributed by atoms with Crippen molar-refractivity contribution in [2.75, 3.05) is 13.2 Å². The van der Waals surface area contributed by atoms with Crippen LogP contribution in [-0.4, -0.2) is 34.6 Å². The third kappa shape index (κ3) is 3.93. The van der Waals surface area contributed by atoms with E-state index in [1.165, 1.54) is 57.8 Å². The SMILES string of the molecule is CC12CC[C@](C)(O)CC1CCC1C2CCC2(C)C1CC[C@@H]2CCCC1(O)CCOCC1. The van der Waals surface area contributed by atoms with E-state index in [1.54, 1.807) is 0 Å². The molecular weight excluding hydrogens is 384 g/mol. The van der Waals surface area contributed by atoms with Gasteiger partial charge in [-0.25, -0.2) is 0 Å². The Morgan fingerprint density at radius 3 is 2.29 bits per heavy atom. The highest BCUT2D eigenvalue weighted by Crippen LogP contribution is 2.68. The van der Waals surface area contributed by atoms with Crippen molar-refractivity contribution in [3.63, 3.8) is 0 Å². The number of fused-ring (bicyclic) bond motifs is 5. The summed E-state index contributed by atoms with van der Waals surface area (Å²) in [5, 5.41) is 21.6. The molecule has 2 N–H and O–H groups in total. The maximum Gasteiger partial charge on any atom is 0.0691 e. The van der Waals surface area contributed by atoms with Gasteiger partial charge >= 0.3 is 0 Å². The van der Waals surface area contributed by atoms with Gasteiger partial charge in [0.1, 0.15) is 0 Å². The van der Waals surface area contributed by atoms with E-state index >= 15 is 0 Å². The molecular formula is C28H48O3. The van der Waals surface area contributed by atoms with Crippen LogP contribution < -0.4 is 0 Å². The molecule has 0 aromatic heterocycles. The molecule has 0 aromatic carbocycles. The van der Waals surface area contributed by atoms with Gasteiger partial charge in [-0.3, -0.25) is 0 Å². The fourth-order valence-electron chi connectivity index (χ4n) is 9.69. The largest absolute Gasteiger partial charge is 0.390 e. The molecule has 4 saturated carbocycles. The van der Waals surface area contributed by atoms with Crippen LogP contribution in [0.3, 0.4) is 0 Å². The van der Waals surface area contributed by atoms with Crippen LogP contribution in [0.2, 0.25) is 0 Å². The fourth-order valence-corrected chi connectivity index (χ4v) is 9.69. The van der Waals surface area contributed by atoms with E-state index in [2.05, 4.69) is 20.8 Å². The molecule has 0 amide bonds. The minimum atomic E-state index is -0.454. The van der Waals surface area contributed by atoms with Crippen molar-refractivity contribution in [2.45, 2.75) is 122 Å². The zero-order valence-corrected chi connectivity index (χ0v) is 20.5. The molecule has 178 valence electrons. The van der Waals surface area contributed by atoms with Crippen LogP contribution in [-0.2, 0) is 4.74 Å². The van der Waals surface area contributed by atoms with Gasteiger partial charge < -0.3 is 14.9 Å². The number of hydrogen-bond acceptors (Lipinski definition) is 3. The van der Waals surface area contributed by atoms with Crippen molar-refractivity contribution in [3.05, 3.63) is 0 Å². The molecule has 1 aliphatic heterocycles. The zero-order chi connectivity index (χ0) is 21.9. The quantitative estimate of drug-likeness (QED) is 0.563. The van der Waals surface area contributed by atoms with Gasteiger partial charge in [0.2, 0.25) is 0 Å². The van der Waals surface area contributed by atoms with Crippen molar-refractivity contribution < 1.29 is 14.9 Å². The molecule has 5 fully saturated rings. The predicted octanol–water partition coefficient (Wildman–Crippen LogP) is 6.11. The lowest BCUT2D eigenvalue weighted by molar-refractivity contribution is -0.146. The molecule has 1 saturated heterocycles. The lowest BCUT2D eigenvalue weighted by Crippen LogP contribution is -2.55. The summed E-state index contributed by atoms with van der Waals surface area (Å²) in [4.78, 5) is 0. The second kappa shape index (κ2) is 7.98. The van der Waals surface area contributed by atoms with Crippen LogP contribution in [0.4, 0.5) is 0 Å². The normalized spacial score (nSPS) is 51.6. The van der Waals surface area contributed by atoms with Crippen molar-refractivity contribution in [1.82, 2.24) is 0 Å². The Labute approximate surface area is 190 Å². The summed E-state index contributed by atoms with van der Waals surface area (Å²) in [5.74, 6) is 4.33. The number of rotatable bonds is 4. The third-order valence-corrected chi connectivity index (χ3v) is 11.8. The summed E-state index contributed by atoms with van der Waals surface area (Å²) in [6, 6.07) is 0. The Kier molecular flexibility index (Phi) is 5.83. The fraction of sp³-hybridized carbons (Fsp3) is 1.00. The van der Waals surface area contributed by atoms with Gasteiger partial charge in [0.15, 0.2) is 0 Å². The van der Waals surface area contributed by atoms with E-state index in [-0.39, 0.29) is 0 Å². The van der Waals surface area contributed by atoms with Crippen LogP contribution >= 0.6 is 0 Å². The molecule has 4 aliphatic carbocycles. The number of hydrogen-bond donors (Lipinski definition) is 2. The van der Waals surface area contributed by atoms with E-state index in [1.807, 2.05) is 0 Å². The molecule has 3 heteroatoms. The summed E-state index contributed by atoms with van der Waals surface area (Å²) in [7, 11) is 0. The highest BCUT2D eigenvalue weighted by Gasteiger charge is 2.60. The minimum Gasteiger partial charge on any atom is -0.390 e. The standard InChI is InChI=1S/C28H48O3/c1-25(29)13-14-27(3)21(19-25)6-8-22-23-9-7-20(26(23,2)12-10-24(22)27)5-4-11-28(30)15-17-31-18-16-28/h20-24,29-30H,4-19H2,1-3H3/t20-,21?,22?,23?,24?,25-,26?,27?/m0/s1. The Morgan fingerprint density at radius 2 is 1.52 bits per heavy atom.